The van der Waals surface area contributed by atoms with Gasteiger partial charge >= 0.3 is 0 Å². The lowest BCUT2D eigenvalue weighted by molar-refractivity contribution is 0.665. The molecule has 0 saturated carbocycles. The molecule has 0 unspecified atom stereocenters. The van der Waals surface area contributed by atoms with E-state index >= 15 is 0 Å². The molecule has 0 aliphatic rings. The lowest BCUT2D eigenvalue weighted by atomic mass is 10.2. The van der Waals surface area contributed by atoms with E-state index in [9.17, 15) is 0 Å². The minimum Gasteiger partial charge on any atom is -0.357 e. The molecule has 2 N–H and O–H groups in total. The molecule has 0 aliphatic heterocycles. The fourth-order valence-corrected chi connectivity index (χ4v) is 2.11. The first kappa shape index (κ1) is 19.5. The van der Waals surface area contributed by atoms with Crippen molar-refractivity contribution in [2.24, 2.45) is 4.99 Å². The third-order valence-electron chi connectivity index (χ3n) is 3.32. The lowest BCUT2D eigenvalue weighted by Gasteiger charge is -2.11. The number of nitrogens with zero attached hydrogens (tertiary/aromatic N) is 3. The van der Waals surface area contributed by atoms with Crippen molar-refractivity contribution < 1.29 is 0 Å². The number of nitrogens with one attached hydrogen (secondary N) is 2. The van der Waals surface area contributed by atoms with E-state index < -0.39 is 0 Å². The fraction of sp³-hybridized carbons (Fsp3) is 0.412. The predicted octanol–water partition coefficient (Wildman–Crippen LogP) is 2.61. The summed E-state index contributed by atoms with van der Waals surface area (Å²) in [4.78, 5) is 8.92. The Labute approximate surface area is 155 Å². The second-order valence-electron chi connectivity index (χ2n) is 5.17. The van der Waals surface area contributed by atoms with Crippen LogP contribution >= 0.6 is 24.0 Å². The van der Waals surface area contributed by atoms with E-state index in [1.165, 1.54) is 5.56 Å². The summed E-state index contributed by atoms with van der Waals surface area (Å²) in [6.07, 6.45) is 6.96. The van der Waals surface area contributed by atoms with Crippen molar-refractivity contribution in [2.45, 2.75) is 26.8 Å². The maximum Gasteiger partial charge on any atom is 0.191 e. The average Bonchev–Trinajstić information content (AvgIpc) is 3.02. The summed E-state index contributed by atoms with van der Waals surface area (Å²) in [5.74, 6) is 0.870. The minimum absolute atomic E-state index is 0. The minimum atomic E-state index is 0. The molecule has 0 spiro atoms. The van der Waals surface area contributed by atoms with Crippen LogP contribution in [0.15, 0.2) is 47.8 Å². The molecule has 0 saturated heterocycles. The van der Waals surface area contributed by atoms with E-state index in [2.05, 4.69) is 50.6 Å². The first-order chi connectivity index (χ1) is 10.8. The second-order valence-corrected chi connectivity index (χ2v) is 5.17. The zero-order chi connectivity index (χ0) is 15.6. The van der Waals surface area contributed by atoms with Crippen molar-refractivity contribution in [3.8, 4) is 0 Å². The van der Waals surface area contributed by atoms with E-state index in [1.54, 1.807) is 0 Å². The van der Waals surface area contributed by atoms with Crippen LogP contribution in [0.3, 0.4) is 0 Å². The maximum absolute atomic E-state index is 4.61. The van der Waals surface area contributed by atoms with E-state index in [0.29, 0.717) is 0 Å². The van der Waals surface area contributed by atoms with Crippen LogP contribution in [0, 0.1) is 6.92 Å². The molecule has 0 aromatic carbocycles. The third-order valence-corrected chi connectivity index (χ3v) is 3.32. The number of guanidine groups is 1. The largest absolute Gasteiger partial charge is 0.357 e. The highest BCUT2D eigenvalue weighted by atomic mass is 127. The van der Waals surface area contributed by atoms with Crippen LogP contribution in [0.2, 0.25) is 0 Å². The first-order valence-electron chi connectivity index (χ1n) is 7.82. The van der Waals surface area contributed by atoms with Crippen LogP contribution < -0.4 is 10.6 Å². The maximum atomic E-state index is 4.61. The molecule has 0 radical (unpaired) electrons. The number of aryl methyl sites for hydroxylation is 1. The van der Waals surface area contributed by atoms with Gasteiger partial charge in [-0.05, 0) is 44.0 Å². The fourth-order valence-electron chi connectivity index (χ4n) is 2.11. The Hall–Kier alpha value is -1.57. The van der Waals surface area contributed by atoms with Gasteiger partial charge in [0.25, 0.3) is 0 Å². The van der Waals surface area contributed by atoms with E-state index in [1.807, 2.05) is 31.3 Å². The van der Waals surface area contributed by atoms with Crippen molar-refractivity contribution in [3.05, 3.63) is 54.1 Å². The number of aliphatic imine (C=N–C) groups is 1. The summed E-state index contributed by atoms with van der Waals surface area (Å²) < 4.78 is 2.15. The van der Waals surface area contributed by atoms with Crippen molar-refractivity contribution >= 4 is 29.9 Å². The lowest BCUT2D eigenvalue weighted by Crippen LogP contribution is -2.39. The molecule has 0 fully saturated rings. The average molecular weight is 427 g/mol. The number of rotatable bonds is 7. The Morgan fingerprint density at radius 3 is 2.65 bits per heavy atom. The van der Waals surface area contributed by atoms with Crippen molar-refractivity contribution in [1.82, 2.24) is 20.2 Å². The highest BCUT2D eigenvalue weighted by Gasteiger charge is 1.98. The molecule has 0 amide bonds. The van der Waals surface area contributed by atoms with Crippen molar-refractivity contribution in [1.29, 1.82) is 0 Å². The highest BCUT2D eigenvalue weighted by Crippen LogP contribution is 2.00. The van der Waals surface area contributed by atoms with E-state index in [-0.39, 0.29) is 24.0 Å². The quantitative estimate of drug-likeness (QED) is 0.406. The van der Waals surface area contributed by atoms with E-state index in [0.717, 1.165) is 44.3 Å². The molecular formula is C17H26IN5. The van der Waals surface area contributed by atoms with Gasteiger partial charge in [0.1, 0.15) is 0 Å². The summed E-state index contributed by atoms with van der Waals surface area (Å²) in [7, 11) is 0. The van der Waals surface area contributed by atoms with Crippen molar-refractivity contribution in [3.63, 3.8) is 0 Å². The van der Waals surface area contributed by atoms with Gasteiger partial charge in [-0.25, -0.2) is 0 Å². The molecular weight excluding hydrogens is 401 g/mol. The molecule has 6 heteroatoms. The molecule has 2 heterocycles. The SMILES string of the molecule is CCNC(=NCCc1ccc(C)nc1)NCCn1cccc1.I. The Morgan fingerprint density at radius 2 is 2.00 bits per heavy atom. The van der Waals surface area contributed by atoms with Crippen LogP contribution in [-0.2, 0) is 13.0 Å². The Bertz CT molecular complexity index is 563. The monoisotopic (exact) mass is 427 g/mol. The van der Waals surface area contributed by atoms with Crippen LogP contribution in [0.4, 0.5) is 0 Å². The summed E-state index contributed by atoms with van der Waals surface area (Å²) >= 11 is 0. The number of hydrogen-bond donors (Lipinski definition) is 2. The Kier molecular flexibility index (Phi) is 9.35. The Morgan fingerprint density at radius 1 is 1.22 bits per heavy atom. The first-order valence-corrected chi connectivity index (χ1v) is 7.82. The number of hydrogen-bond acceptors (Lipinski definition) is 2. The molecule has 0 atom stereocenters. The van der Waals surface area contributed by atoms with Gasteiger partial charge in [0.15, 0.2) is 5.96 Å². The van der Waals surface area contributed by atoms with Gasteiger partial charge in [-0.2, -0.15) is 0 Å². The third kappa shape index (κ3) is 7.49. The predicted molar refractivity (Wildman–Crippen MR) is 107 cm³/mol. The van der Waals surface area contributed by atoms with Gasteiger partial charge in [-0.3, -0.25) is 9.98 Å². The van der Waals surface area contributed by atoms with Gasteiger partial charge in [-0.1, -0.05) is 6.07 Å². The standard InChI is InChI=1S/C17H25N5.HI/c1-3-18-17(20-10-13-22-11-4-5-12-22)19-9-8-16-7-6-15(2)21-14-16;/h4-7,11-12,14H,3,8-10,13H2,1-2H3,(H2,18,19,20);1H. The normalized spacial score (nSPS) is 11.0. The van der Waals surface area contributed by atoms with Crippen molar-refractivity contribution in [2.75, 3.05) is 19.6 Å². The van der Waals surface area contributed by atoms with Crippen LogP contribution in [0.1, 0.15) is 18.2 Å². The van der Waals surface area contributed by atoms with Gasteiger partial charge in [0.05, 0.1) is 0 Å². The zero-order valence-corrected chi connectivity index (χ0v) is 16.2. The molecule has 0 aliphatic carbocycles. The Balaban J connectivity index is 0.00000264. The summed E-state index contributed by atoms with van der Waals surface area (Å²) in [5.41, 5.74) is 2.27. The number of aromatic nitrogens is 2. The summed E-state index contributed by atoms with van der Waals surface area (Å²) in [6.45, 7) is 7.48. The number of pyridine rings is 1. The molecule has 23 heavy (non-hydrogen) atoms. The second kappa shape index (κ2) is 11.0. The molecule has 5 nitrogen and oxygen atoms in total. The van der Waals surface area contributed by atoms with Crippen LogP contribution in [0.5, 0.6) is 0 Å². The zero-order valence-electron chi connectivity index (χ0n) is 13.8. The summed E-state index contributed by atoms with van der Waals surface area (Å²) in [6, 6.07) is 8.23. The van der Waals surface area contributed by atoms with Gasteiger partial charge in [0, 0.05) is 50.5 Å². The van der Waals surface area contributed by atoms with Crippen LogP contribution in [-0.4, -0.2) is 35.1 Å². The van der Waals surface area contributed by atoms with Gasteiger partial charge in [-0.15, -0.1) is 24.0 Å². The molecule has 2 rings (SSSR count). The number of halogens is 1. The highest BCUT2D eigenvalue weighted by molar-refractivity contribution is 14.0. The van der Waals surface area contributed by atoms with Crippen LogP contribution in [0.25, 0.3) is 0 Å². The van der Waals surface area contributed by atoms with E-state index in [4.69, 9.17) is 0 Å². The molecule has 2 aromatic heterocycles. The van der Waals surface area contributed by atoms with Gasteiger partial charge < -0.3 is 15.2 Å². The smallest absolute Gasteiger partial charge is 0.191 e. The molecule has 2 aromatic rings. The topological polar surface area (TPSA) is 54.2 Å². The molecule has 0 bridgehead atoms. The van der Waals surface area contributed by atoms with Gasteiger partial charge in [0.2, 0.25) is 0 Å². The molecule has 126 valence electrons. The summed E-state index contributed by atoms with van der Waals surface area (Å²) in [5, 5.41) is 6.63.